The topological polar surface area (TPSA) is 9.23 Å². The van der Waals surface area contributed by atoms with Crippen LogP contribution in [0.2, 0.25) is 0 Å². The standard InChI is InChI=1S/C22H42O.C18H36S/c1-12-22(10,11)16(3)23-19-17(20(4,5)6)13-15(2)14-18(19)21(7,8)9;1-16(2,3)13-10-14(17(4,5)6)12-15(11-13)19-18(7,8)9/h15,17-19H,3,12-14H2,1-2,4-11H3;13-15H,10-12H2,1-9H3. The van der Waals surface area contributed by atoms with Crippen LogP contribution in [0.25, 0.3) is 0 Å². The molecule has 0 bridgehead atoms. The number of allylic oxidation sites excluding steroid dienone is 1. The number of thioether (sulfide) groups is 1. The second-order valence-electron chi connectivity index (χ2n) is 20.4. The molecule has 0 aliphatic heterocycles. The van der Waals surface area contributed by atoms with Gasteiger partial charge in [0.05, 0.1) is 5.76 Å². The molecule has 0 N–H and O–H groups in total. The lowest BCUT2D eigenvalue weighted by molar-refractivity contribution is -0.106. The monoisotopic (exact) mass is 607 g/mol. The molecule has 2 aliphatic carbocycles. The summed E-state index contributed by atoms with van der Waals surface area (Å²) in [4.78, 5) is 0. The van der Waals surface area contributed by atoms with Gasteiger partial charge in [-0.25, -0.2) is 0 Å². The molecule has 250 valence electrons. The molecular formula is C40H78OS. The highest BCUT2D eigenvalue weighted by atomic mass is 32.2. The van der Waals surface area contributed by atoms with Crippen molar-refractivity contribution in [1.82, 2.24) is 0 Å². The predicted molar refractivity (Wildman–Crippen MR) is 193 cm³/mol. The zero-order valence-corrected chi connectivity index (χ0v) is 33.1. The Morgan fingerprint density at radius 1 is 0.619 bits per heavy atom. The van der Waals surface area contributed by atoms with Crippen LogP contribution in [0.1, 0.15) is 170 Å². The third-order valence-electron chi connectivity index (χ3n) is 10.9. The van der Waals surface area contributed by atoms with Gasteiger partial charge in [0.25, 0.3) is 0 Å². The molecule has 2 fully saturated rings. The van der Waals surface area contributed by atoms with Gasteiger partial charge in [0.2, 0.25) is 0 Å². The smallest absolute Gasteiger partial charge is 0.105 e. The van der Waals surface area contributed by atoms with E-state index < -0.39 is 0 Å². The highest BCUT2D eigenvalue weighted by Crippen LogP contribution is 2.52. The van der Waals surface area contributed by atoms with Crippen LogP contribution in [0.15, 0.2) is 12.3 Å². The minimum Gasteiger partial charge on any atom is -0.494 e. The van der Waals surface area contributed by atoms with Crippen LogP contribution in [-0.4, -0.2) is 16.1 Å². The summed E-state index contributed by atoms with van der Waals surface area (Å²) in [6, 6.07) is 0. The maximum Gasteiger partial charge on any atom is 0.105 e. The molecule has 4 atom stereocenters. The summed E-state index contributed by atoms with van der Waals surface area (Å²) < 4.78 is 7.07. The first kappa shape index (κ1) is 39.9. The van der Waals surface area contributed by atoms with Crippen LogP contribution in [-0.2, 0) is 4.74 Å². The van der Waals surface area contributed by atoms with Crippen molar-refractivity contribution in [2.45, 2.75) is 186 Å². The van der Waals surface area contributed by atoms with Gasteiger partial charge in [0, 0.05) is 27.2 Å². The van der Waals surface area contributed by atoms with Crippen LogP contribution in [0, 0.1) is 56.7 Å². The third-order valence-corrected chi connectivity index (χ3v) is 12.3. The minimum absolute atomic E-state index is 0.0495. The summed E-state index contributed by atoms with van der Waals surface area (Å²) in [5, 5.41) is 0.849. The summed E-state index contributed by atoms with van der Waals surface area (Å²) in [5.74, 6) is 4.68. The van der Waals surface area contributed by atoms with Crippen molar-refractivity contribution in [3.63, 3.8) is 0 Å². The van der Waals surface area contributed by atoms with Crippen molar-refractivity contribution in [2.24, 2.45) is 56.7 Å². The van der Waals surface area contributed by atoms with Crippen molar-refractivity contribution in [3.05, 3.63) is 12.3 Å². The number of hydrogen-bond donors (Lipinski definition) is 0. The zero-order valence-electron chi connectivity index (χ0n) is 32.3. The van der Waals surface area contributed by atoms with Gasteiger partial charge in [-0.15, -0.1) is 0 Å². The van der Waals surface area contributed by atoms with Gasteiger partial charge in [0.1, 0.15) is 6.10 Å². The Labute approximate surface area is 271 Å². The Hall–Kier alpha value is -0.110. The largest absolute Gasteiger partial charge is 0.494 e. The molecule has 0 aromatic carbocycles. The Kier molecular flexibility index (Phi) is 13.4. The van der Waals surface area contributed by atoms with Gasteiger partial charge >= 0.3 is 0 Å². The van der Waals surface area contributed by atoms with Gasteiger partial charge in [-0.3, -0.25) is 0 Å². The van der Waals surface area contributed by atoms with Crippen molar-refractivity contribution in [3.8, 4) is 0 Å². The summed E-state index contributed by atoms with van der Waals surface area (Å²) in [6.45, 7) is 49.4. The number of hydrogen-bond acceptors (Lipinski definition) is 2. The minimum atomic E-state index is 0.0495. The van der Waals surface area contributed by atoms with E-state index in [2.05, 4.69) is 150 Å². The van der Waals surface area contributed by atoms with E-state index in [0.29, 0.717) is 27.4 Å². The Bertz CT molecular complexity index is 785. The summed E-state index contributed by atoms with van der Waals surface area (Å²) in [5.41, 5.74) is 1.49. The second kappa shape index (κ2) is 14.1. The first-order valence-electron chi connectivity index (χ1n) is 17.5. The summed E-state index contributed by atoms with van der Waals surface area (Å²) in [7, 11) is 0. The number of rotatable bonds is 5. The zero-order chi connectivity index (χ0) is 33.3. The maximum absolute atomic E-state index is 6.68. The van der Waals surface area contributed by atoms with Crippen molar-refractivity contribution >= 4 is 11.8 Å². The normalized spacial score (nSPS) is 30.3. The maximum atomic E-state index is 6.68. The molecule has 0 aromatic heterocycles. The molecule has 2 saturated carbocycles. The molecule has 0 heterocycles. The molecule has 0 amide bonds. The third kappa shape index (κ3) is 12.4. The van der Waals surface area contributed by atoms with Crippen molar-refractivity contribution in [1.29, 1.82) is 0 Å². The lowest BCUT2D eigenvalue weighted by atomic mass is 9.59. The molecule has 2 aliphatic rings. The average Bonchev–Trinajstić information content (AvgIpc) is 2.76. The molecule has 2 heteroatoms. The van der Waals surface area contributed by atoms with E-state index in [-0.39, 0.29) is 22.3 Å². The Balaban J connectivity index is 0.000000428. The van der Waals surface area contributed by atoms with E-state index >= 15 is 0 Å². The van der Waals surface area contributed by atoms with E-state index in [9.17, 15) is 0 Å². The van der Waals surface area contributed by atoms with E-state index in [4.69, 9.17) is 4.74 Å². The molecule has 4 unspecified atom stereocenters. The highest BCUT2D eigenvalue weighted by molar-refractivity contribution is 8.01. The Morgan fingerprint density at radius 2 is 1.00 bits per heavy atom. The van der Waals surface area contributed by atoms with Crippen LogP contribution >= 0.6 is 11.8 Å². The lowest BCUT2D eigenvalue weighted by Crippen LogP contribution is -2.49. The predicted octanol–water partition coefficient (Wildman–Crippen LogP) is 13.5. The van der Waals surface area contributed by atoms with E-state index in [1.54, 1.807) is 0 Å². The van der Waals surface area contributed by atoms with E-state index in [1.807, 2.05) is 0 Å². The summed E-state index contributed by atoms with van der Waals surface area (Å²) in [6.07, 6.45) is 8.13. The van der Waals surface area contributed by atoms with Gasteiger partial charge in [0.15, 0.2) is 0 Å². The highest BCUT2D eigenvalue weighted by Gasteiger charge is 2.48. The molecule has 1 nitrogen and oxygen atoms in total. The molecule has 0 radical (unpaired) electrons. The van der Waals surface area contributed by atoms with Gasteiger partial charge in [-0.2, -0.15) is 11.8 Å². The fraction of sp³-hybridized carbons (Fsp3) is 0.950. The summed E-state index contributed by atoms with van der Waals surface area (Å²) >= 11 is 2.22. The molecule has 0 spiro atoms. The average molecular weight is 607 g/mol. The van der Waals surface area contributed by atoms with Crippen molar-refractivity contribution in [2.75, 3.05) is 0 Å². The van der Waals surface area contributed by atoms with Gasteiger partial charge in [-0.05, 0) is 77.9 Å². The molecule has 0 saturated heterocycles. The van der Waals surface area contributed by atoms with Crippen LogP contribution < -0.4 is 0 Å². The number of ether oxygens (including phenoxy) is 1. The Morgan fingerprint density at radius 3 is 1.29 bits per heavy atom. The van der Waals surface area contributed by atoms with Gasteiger partial charge in [-0.1, -0.05) is 138 Å². The molecular weight excluding hydrogens is 529 g/mol. The second-order valence-corrected chi connectivity index (χ2v) is 22.6. The van der Waals surface area contributed by atoms with Gasteiger partial charge < -0.3 is 4.74 Å². The van der Waals surface area contributed by atoms with E-state index in [0.717, 1.165) is 35.2 Å². The molecule has 2 rings (SSSR count). The first-order chi connectivity index (χ1) is 18.5. The quantitative estimate of drug-likeness (QED) is 0.288. The van der Waals surface area contributed by atoms with Crippen LogP contribution in [0.4, 0.5) is 0 Å². The van der Waals surface area contributed by atoms with Crippen molar-refractivity contribution < 1.29 is 4.74 Å². The van der Waals surface area contributed by atoms with Crippen LogP contribution in [0.5, 0.6) is 0 Å². The SMILES string of the molecule is C=C(OC1C(C(C)(C)C)CC(C)CC1C(C)(C)C)C(C)(C)CC.CC(C)(C)SC1CC(C(C)(C)C)CC(C(C)(C)C)C1. The molecule has 42 heavy (non-hydrogen) atoms. The van der Waals surface area contributed by atoms with E-state index in [1.165, 1.54) is 32.1 Å². The fourth-order valence-electron chi connectivity index (χ4n) is 7.17. The van der Waals surface area contributed by atoms with Crippen LogP contribution in [0.3, 0.4) is 0 Å². The molecule has 0 aromatic rings. The fourth-order valence-corrected chi connectivity index (χ4v) is 8.82. The first-order valence-corrected chi connectivity index (χ1v) is 18.4. The lowest BCUT2D eigenvalue weighted by Gasteiger charge is -2.51.